The van der Waals surface area contributed by atoms with Crippen molar-refractivity contribution in [1.29, 1.82) is 0 Å². The summed E-state index contributed by atoms with van der Waals surface area (Å²) in [6.45, 7) is 5.31. The number of halogens is 1. The molecule has 3 aromatic carbocycles. The summed E-state index contributed by atoms with van der Waals surface area (Å²) in [7, 11) is 1.64. The number of aryl methyl sites for hydroxylation is 1. The highest BCUT2D eigenvalue weighted by Crippen LogP contribution is 2.28. The van der Waals surface area contributed by atoms with Crippen LogP contribution in [0.1, 0.15) is 28.2 Å². The molecule has 0 atom stereocenters. The SMILES string of the molecule is C=CCc1ccc(OCCCn2c(CNC(=O)c3ccc(Cl)cc3)nc3ccccc32)c(OC)c1. The first kappa shape index (κ1) is 24.4. The second-order valence-corrected chi connectivity index (χ2v) is 8.47. The molecule has 0 saturated carbocycles. The molecule has 1 N–H and O–H groups in total. The van der Waals surface area contributed by atoms with Gasteiger partial charge in [-0.2, -0.15) is 0 Å². The number of imidazole rings is 1. The Hall–Kier alpha value is -3.77. The van der Waals surface area contributed by atoms with Crippen molar-refractivity contribution in [2.24, 2.45) is 0 Å². The smallest absolute Gasteiger partial charge is 0.251 e. The number of carbonyl (C=O) groups is 1. The number of benzene rings is 3. The van der Waals surface area contributed by atoms with Crippen molar-refractivity contribution in [1.82, 2.24) is 14.9 Å². The van der Waals surface area contributed by atoms with Gasteiger partial charge in [-0.25, -0.2) is 4.98 Å². The first-order valence-corrected chi connectivity index (χ1v) is 11.9. The van der Waals surface area contributed by atoms with Gasteiger partial charge in [0.1, 0.15) is 5.82 Å². The topological polar surface area (TPSA) is 65.4 Å². The second-order valence-electron chi connectivity index (χ2n) is 8.04. The van der Waals surface area contributed by atoms with E-state index in [1.165, 1.54) is 0 Å². The van der Waals surface area contributed by atoms with Crippen molar-refractivity contribution in [3.63, 3.8) is 0 Å². The zero-order valence-electron chi connectivity index (χ0n) is 19.7. The van der Waals surface area contributed by atoms with Gasteiger partial charge in [0.2, 0.25) is 0 Å². The molecule has 1 aromatic heterocycles. The lowest BCUT2D eigenvalue weighted by Crippen LogP contribution is -2.25. The molecule has 7 heteroatoms. The Balaban J connectivity index is 1.41. The molecule has 0 radical (unpaired) electrons. The van der Waals surface area contributed by atoms with E-state index in [9.17, 15) is 4.79 Å². The van der Waals surface area contributed by atoms with Gasteiger partial charge in [-0.1, -0.05) is 35.9 Å². The molecule has 180 valence electrons. The third-order valence-electron chi connectivity index (χ3n) is 5.64. The summed E-state index contributed by atoms with van der Waals surface area (Å²) in [6.07, 6.45) is 3.40. The molecule has 0 aliphatic carbocycles. The quantitative estimate of drug-likeness (QED) is 0.213. The molecule has 0 aliphatic heterocycles. The van der Waals surface area contributed by atoms with Gasteiger partial charge in [0.05, 0.1) is 31.3 Å². The van der Waals surface area contributed by atoms with Crippen molar-refractivity contribution < 1.29 is 14.3 Å². The van der Waals surface area contributed by atoms with Gasteiger partial charge in [0.15, 0.2) is 11.5 Å². The van der Waals surface area contributed by atoms with Crippen LogP contribution in [-0.2, 0) is 19.5 Å². The Morgan fingerprint density at radius 3 is 2.69 bits per heavy atom. The number of allylic oxidation sites excluding steroid dienone is 1. The monoisotopic (exact) mass is 489 g/mol. The van der Waals surface area contributed by atoms with Crippen LogP contribution >= 0.6 is 11.6 Å². The molecule has 0 fully saturated rings. The molecule has 0 aliphatic rings. The van der Waals surface area contributed by atoms with E-state index in [1.54, 1.807) is 31.4 Å². The number of ether oxygens (including phenoxy) is 2. The Labute approximate surface area is 210 Å². The molecule has 4 aromatic rings. The minimum Gasteiger partial charge on any atom is -0.493 e. The molecule has 1 amide bonds. The van der Waals surface area contributed by atoms with E-state index in [-0.39, 0.29) is 5.91 Å². The fourth-order valence-electron chi connectivity index (χ4n) is 3.90. The van der Waals surface area contributed by atoms with Gasteiger partial charge < -0.3 is 19.4 Å². The van der Waals surface area contributed by atoms with Gasteiger partial charge in [-0.05, 0) is 66.9 Å². The molecular weight excluding hydrogens is 462 g/mol. The fourth-order valence-corrected chi connectivity index (χ4v) is 4.03. The summed E-state index contributed by atoms with van der Waals surface area (Å²) in [6, 6.07) is 20.7. The third-order valence-corrected chi connectivity index (χ3v) is 5.89. The molecular formula is C28H28ClN3O3. The van der Waals surface area contributed by atoms with Gasteiger partial charge in [0, 0.05) is 17.1 Å². The van der Waals surface area contributed by atoms with Crippen LogP contribution in [0.3, 0.4) is 0 Å². The maximum atomic E-state index is 12.6. The highest BCUT2D eigenvalue weighted by molar-refractivity contribution is 6.30. The maximum Gasteiger partial charge on any atom is 0.251 e. The van der Waals surface area contributed by atoms with E-state index >= 15 is 0 Å². The molecule has 1 heterocycles. The summed E-state index contributed by atoms with van der Waals surface area (Å²) in [5.41, 5.74) is 3.59. The Kier molecular flexibility index (Phi) is 8.06. The molecule has 35 heavy (non-hydrogen) atoms. The number of fused-ring (bicyclic) bond motifs is 1. The van der Waals surface area contributed by atoms with Crippen molar-refractivity contribution in [3.8, 4) is 11.5 Å². The molecule has 0 unspecified atom stereocenters. The lowest BCUT2D eigenvalue weighted by atomic mass is 10.1. The number of nitrogens with zero attached hydrogens (tertiary/aromatic N) is 2. The van der Waals surface area contributed by atoms with Gasteiger partial charge in [-0.3, -0.25) is 4.79 Å². The highest BCUT2D eigenvalue weighted by atomic mass is 35.5. The normalized spacial score (nSPS) is 10.8. The lowest BCUT2D eigenvalue weighted by molar-refractivity contribution is 0.0949. The highest BCUT2D eigenvalue weighted by Gasteiger charge is 2.13. The summed E-state index contributed by atoms with van der Waals surface area (Å²) in [5.74, 6) is 2.05. The predicted octanol–water partition coefficient (Wildman–Crippen LogP) is 5.83. The summed E-state index contributed by atoms with van der Waals surface area (Å²) >= 11 is 5.93. The van der Waals surface area contributed by atoms with Crippen molar-refractivity contribution in [2.45, 2.75) is 25.9 Å². The Morgan fingerprint density at radius 1 is 1.11 bits per heavy atom. The summed E-state index contributed by atoms with van der Waals surface area (Å²) in [5, 5.41) is 3.56. The first-order chi connectivity index (χ1) is 17.1. The predicted molar refractivity (Wildman–Crippen MR) is 139 cm³/mol. The number of methoxy groups -OCH3 is 1. The third kappa shape index (κ3) is 6.03. The average Bonchev–Trinajstić information content (AvgIpc) is 3.23. The average molecular weight is 490 g/mol. The largest absolute Gasteiger partial charge is 0.493 e. The van der Waals surface area contributed by atoms with Crippen LogP contribution in [-0.4, -0.2) is 29.2 Å². The number of rotatable bonds is 11. The summed E-state index contributed by atoms with van der Waals surface area (Å²) in [4.78, 5) is 17.3. The lowest BCUT2D eigenvalue weighted by Gasteiger charge is -2.13. The van der Waals surface area contributed by atoms with E-state index in [0.717, 1.165) is 35.3 Å². The maximum absolute atomic E-state index is 12.6. The number of hydrogen-bond acceptors (Lipinski definition) is 4. The van der Waals surface area contributed by atoms with E-state index in [1.807, 2.05) is 48.5 Å². The molecule has 4 rings (SSSR count). The number of aromatic nitrogens is 2. The summed E-state index contributed by atoms with van der Waals surface area (Å²) < 4.78 is 13.6. The first-order valence-electron chi connectivity index (χ1n) is 11.5. The van der Waals surface area contributed by atoms with Gasteiger partial charge in [0.25, 0.3) is 5.91 Å². The van der Waals surface area contributed by atoms with Crippen molar-refractivity contribution in [2.75, 3.05) is 13.7 Å². The zero-order chi connectivity index (χ0) is 24.6. The number of nitrogens with one attached hydrogen (secondary N) is 1. The number of hydrogen-bond donors (Lipinski definition) is 1. The molecule has 0 bridgehead atoms. The van der Waals surface area contributed by atoms with E-state index in [2.05, 4.69) is 16.5 Å². The minimum absolute atomic E-state index is 0.171. The molecule has 0 spiro atoms. The van der Waals surface area contributed by atoms with Crippen LogP contribution in [0.5, 0.6) is 11.5 Å². The standard InChI is InChI=1S/C28H28ClN3O3/c1-3-7-20-10-15-25(26(18-20)34-2)35-17-6-16-32-24-9-5-4-8-23(24)31-27(32)19-30-28(33)21-11-13-22(29)14-12-21/h3-5,8-15,18H,1,6-7,16-17,19H2,2H3,(H,30,33). The fraction of sp³-hybridized carbons (Fsp3) is 0.214. The second kappa shape index (κ2) is 11.6. The van der Waals surface area contributed by atoms with Crippen LogP contribution in [0.2, 0.25) is 5.02 Å². The number of amides is 1. The van der Waals surface area contributed by atoms with Gasteiger partial charge >= 0.3 is 0 Å². The van der Waals surface area contributed by atoms with Gasteiger partial charge in [-0.15, -0.1) is 6.58 Å². The Bertz CT molecular complexity index is 1320. The Morgan fingerprint density at radius 2 is 1.91 bits per heavy atom. The molecule has 6 nitrogen and oxygen atoms in total. The zero-order valence-corrected chi connectivity index (χ0v) is 20.4. The number of carbonyl (C=O) groups excluding carboxylic acids is 1. The van der Waals surface area contributed by atoms with E-state index in [0.29, 0.717) is 41.8 Å². The van der Waals surface area contributed by atoms with Crippen LogP contribution < -0.4 is 14.8 Å². The number of para-hydroxylation sites is 2. The minimum atomic E-state index is -0.171. The van der Waals surface area contributed by atoms with E-state index < -0.39 is 0 Å². The van der Waals surface area contributed by atoms with E-state index in [4.69, 9.17) is 26.1 Å². The molecule has 0 saturated heterocycles. The van der Waals surface area contributed by atoms with Crippen molar-refractivity contribution >= 4 is 28.5 Å². The van der Waals surface area contributed by atoms with Crippen molar-refractivity contribution in [3.05, 3.63) is 101 Å². The van der Waals surface area contributed by atoms with Crippen LogP contribution in [0, 0.1) is 0 Å². The van der Waals surface area contributed by atoms with Crippen LogP contribution in [0.15, 0.2) is 79.4 Å². The van der Waals surface area contributed by atoms with Crippen LogP contribution in [0.25, 0.3) is 11.0 Å². The van der Waals surface area contributed by atoms with Crippen LogP contribution in [0.4, 0.5) is 0 Å².